The molecule has 5 nitrogen and oxygen atoms in total. The summed E-state index contributed by atoms with van der Waals surface area (Å²) in [5, 5.41) is 5.55. The third-order valence-electron chi connectivity index (χ3n) is 4.50. The molecule has 0 aliphatic carbocycles. The van der Waals surface area contributed by atoms with Gasteiger partial charge in [0.2, 0.25) is 5.91 Å². The van der Waals surface area contributed by atoms with Crippen LogP contribution in [0.4, 0.5) is 16.2 Å². The molecule has 2 aromatic rings. The quantitative estimate of drug-likeness (QED) is 0.902. The molecule has 5 heteroatoms. The number of fused-ring (bicyclic) bond motifs is 1. The molecule has 0 spiro atoms. The molecule has 2 N–H and O–H groups in total. The number of aryl methyl sites for hydroxylation is 2. The van der Waals surface area contributed by atoms with Crippen LogP contribution in [0.1, 0.15) is 23.6 Å². The van der Waals surface area contributed by atoms with Gasteiger partial charge in [0.05, 0.1) is 0 Å². The normalized spacial score (nSPS) is 14.0. The number of carbonyl (C=O) groups is 2. The Kier molecular flexibility index (Phi) is 4.74. The fraction of sp³-hybridized carbons (Fsp3) is 0.300. The summed E-state index contributed by atoms with van der Waals surface area (Å²) in [6.45, 7) is 6.32. The number of nitrogens with one attached hydrogen (secondary N) is 2. The molecular weight excluding hydrogens is 314 g/mol. The predicted molar refractivity (Wildman–Crippen MR) is 100 cm³/mol. The van der Waals surface area contributed by atoms with E-state index in [1.165, 1.54) is 5.56 Å². The van der Waals surface area contributed by atoms with Crippen molar-refractivity contribution >= 4 is 23.3 Å². The second-order valence-corrected chi connectivity index (χ2v) is 6.51. The lowest BCUT2D eigenvalue weighted by Crippen LogP contribution is -2.47. The summed E-state index contributed by atoms with van der Waals surface area (Å²) >= 11 is 0. The van der Waals surface area contributed by atoms with Crippen molar-refractivity contribution < 1.29 is 9.59 Å². The smallest absolute Gasteiger partial charge is 0.319 e. The minimum absolute atomic E-state index is 0.0965. The average molecular weight is 337 g/mol. The van der Waals surface area contributed by atoms with E-state index in [0.29, 0.717) is 6.54 Å². The fourth-order valence-corrected chi connectivity index (χ4v) is 3.17. The summed E-state index contributed by atoms with van der Waals surface area (Å²) in [7, 11) is 0. The molecule has 3 rings (SSSR count). The molecule has 25 heavy (non-hydrogen) atoms. The van der Waals surface area contributed by atoms with Gasteiger partial charge in [-0.1, -0.05) is 35.9 Å². The van der Waals surface area contributed by atoms with Gasteiger partial charge in [0.25, 0.3) is 0 Å². The van der Waals surface area contributed by atoms with Gasteiger partial charge < -0.3 is 15.5 Å². The summed E-state index contributed by atoms with van der Waals surface area (Å²) in [4.78, 5) is 26.7. The van der Waals surface area contributed by atoms with Crippen LogP contribution < -0.4 is 15.5 Å². The molecule has 1 aliphatic heterocycles. The summed E-state index contributed by atoms with van der Waals surface area (Å²) < 4.78 is 0. The van der Waals surface area contributed by atoms with Crippen molar-refractivity contribution in [3.8, 4) is 0 Å². The number of carbonyl (C=O) groups excluding carboxylic acids is 2. The van der Waals surface area contributed by atoms with Gasteiger partial charge in [-0.05, 0) is 50.5 Å². The average Bonchev–Trinajstić information content (AvgIpc) is 3.00. The second kappa shape index (κ2) is 6.97. The van der Waals surface area contributed by atoms with Crippen LogP contribution in [0.3, 0.4) is 0 Å². The first kappa shape index (κ1) is 17.0. The van der Waals surface area contributed by atoms with E-state index in [-0.39, 0.29) is 11.9 Å². The highest BCUT2D eigenvalue weighted by atomic mass is 16.2. The van der Waals surface area contributed by atoms with Crippen LogP contribution in [0.15, 0.2) is 42.5 Å². The number of urea groups is 1. The maximum absolute atomic E-state index is 12.7. The molecular formula is C20H23N3O2. The monoisotopic (exact) mass is 337 g/mol. The van der Waals surface area contributed by atoms with Crippen LogP contribution in [-0.2, 0) is 11.2 Å². The van der Waals surface area contributed by atoms with E-state index in [1.807, 2.05) is 56.3 Å². The Hall–Kier alpha value is -2.82. The molecule has 0 unspecified atom stereocenters. The highest BCUT2D eigenvalue weighted by Gasteiger charge is 2.28. The van der Waals surface area contributed by atoms with Crippen molar-refractivity contribution in [2.45, 2.75) is 33.2 Å². The molecule has 3 amide bonds. The third kappa shape index (κ3) is 3.65. The van der Waals surface area contributed by atoms with Crippen LogP contribution in [0.25, 0.3) is 0 Å². The maximum atomic E-state index is 12.7. The molecule has 1 heterocycles. The number of hydrogen-bond acceptors (Lipinski definition) is 2. The van der Waals surface area contributed by atoms with Gasteiger partial charge in [0.15, 0.2) is 0 Å². The Bertz CT molecular complexity index is 816. The Balaban J connectivity index is 1.63. The molecule has 0 bridgehead atoms. The van der Waals surface area contributed by atoms with E-state index in [4.69, 9.17) is 0 Å². The van der Waals surface area contributed by atoms with Crippen molar-refractivity contribution in [3.05, 3.63) is 59.2 Å². The number of amides is 3. The van der Waals surface area contributed by atoms with Gasteiger partial charge in [-0.3, -0.25) is 4.79 Å². The summed E-state index contributed by atoms with van der Waals surface area (Å²) in [5.41, 5.74) is 4.98. The van der Waals surface area contributed by atoms with Gasteiger partial charge in [-0.2, -0.15) is 0 Å². The highest BCUT2D eigenvalue weighted by Crippen LogP contribution is 2.27. The zero-order valence-electron chi connectivity index (χ0n) is 14.8. The van der Waals surface area contributed by atoms with E-state index in [9.17, 15) is 9.59 Å². The second-order valence-electron chi connectivity index (χ2n) is 6.51. The SMILES string of the molecule is Cc1ccc(NC(=O)N[C@@H](C)C(=O)N2CCc3ccccc32)c(C)c1. The van der Waals surface area contributed by atoms with E-state index in [1.54, 1.807) is 11.8 Å². The highest BCUT2D eigenvalue weighted by molar-refractivity contribution is 6.01. The van der Waals surface area contributed by atoms with Crippen molar-refractivity contribution in [2.24, 2.45) is 0 Å². The molecule has 0 saturated heterocycles. The largest absolute Gasteiger partial charge is 0.326 e. The van der Waals surface area contributed by atoms with Crippen molar-refractivity contribution in [3.63, 3.8) is 0 Å². The first-order valence-electron chi connectivity index (χ1n) is 8.50. The molecule has 2 aromatic carbocycles. The lowest BCUT2D eigenvalue weighted by atomic mass is 10.1. The van der Waals surface area contributed by atoms with Gasteiger partial charge in [-0.25, -0.2) is 4.79 Å². The first-order chi connectivity index (χ1) is 12.0. The van der Waals surface area contributed by atoms with E-state index >= 15 is 0 Å². The van der Waals surface area contributed by atoms with E-state index < -0.39 is 6.04 Å². The fourth-order valence-electron chi connectivity index (χ4n) is 3.17. The van der Waals surface area contributed by atoms with Crippen LogP contribution in [0, 0.1) is 13.8 Å². The third-order valence-corrected chi connectivity index (χ3v) is 4.50. The lowest BCUT2D eigenvalue weighted by Gasteiger charge is -2.22. The lowest BCUT2D eigenvalue weighted by molar-refractivity contribution is -0.119. The van der Waals surface area contributed by atoms with Crippen molar-refractivity contribution in [2.75, 3.05) is 16.8 Å². The minimum atomic E-state index is -0.600. The number of benzene rings is 2. The first-order valence-corrected chi connectivity index (χ1v) is 8.50. The molecule has 1 atom stereocenters. The van der Waals surface area contributed by atoms with Gasteiger partial charge in [0, 0.05) is 17.9 Å². The molecule has 0 fully saturated rings. The number of nitrogens with zero attached hydrogens (tertiary/aromatic N) is 1. The summed E-state index contributed by atoms with van der Waals surface area (Å²) in [6, 6.07) is 12.7. The predicted octanol–water partition coefficient (Wildman–Crippen LogP) is 3.40. The molecule has 130 valence electrons. The topological polar surface area (TPSA) is 61.4 Å². The summed E-state index contributed by atoms with van der Waals surface area (Å²) in [5.74, 6) is -0.0965. The zero-order chi connectivity index (χ0) is 18.0. The van der Waals surface area contributed by atoms with Gasteiger partial charge in [-0.15, -0.1) is 0 Å². The number of anilines is 2. The van der Waals surface area contributed by atoms with Crippen LogP contribution in [0.5, 0.6) is 0 Å². The molecule has 0 saturated carbocycles. The Morgan fingerprint density at radius 3 is 2.64 bits per heavy atom. The Labute approximate surface area is 148 Å². The molecule has 0 radical (unpaired) electrons. The van der Waals surface area contributed by atoms with Crippen LogP contribution in [0.2, 0.25) is 0 Å². The standard InChI is InChI=1S/C20H23N3O2/c1-13-8-9-17(14(2)12-13)22-20(25)21-15(3)19(24)23-11-10-16-6-4-5-7-18(16)23/h4-9,12,15H,10-11H2,1-3H3,(H2,21,22,25)/t15-/m0/s1. The van der Waals surface area contributed by atoms with Crippen LogP contribution in [-0.4, -0.2) is 24.5 Å². The van der Waals surface area contributed by atoms with E-state index in [2.05, 4.69) is 10.6 Å². The number of hydrogen-bond donors (Lipinski definition) is 2. The number of rotatable bonds is 3. The van der Waals surface area contributed by atoms with Crippen LogP contribution >= 0.6 is 0 Å². The van der Waals surface area contributed by atoms with Gasteiger partial charge in [0.1, 0.15) is 6.04 Å². The Morgan fingerprint density at radius 2 is 1.88 bits per heavy atom. The van der Waals surface area contributed by atoms with E-state index in [0.717, 1.165) is 28.9 Å². The van der Waals surface area contributed by atoms with Crippen molar-refractivity contribution in [1.29, 1.82) is 0 Å². The van der Waals surface area contributed by atoms with Crippen molar-refractivity contribution in [1.82, 2.24) is 5.32 Å². The summed E-state index contributed by atoms with van der Waals surface area (Å²) in [6.07, 6.45) is 0.851. The van der Waals surface area contributed by atoms with Gasteiger partial charge >= 0.3 is 6.03 Å². The maximum Gasteiger partial charge on any atom is 0.319 e. The zero-order valence-corrected chi connectivity index (χ0v) is 14.8. The molecule has 1 aliphatic rings. The minimum Gasteiger partial charge on any atom is -0.326 e. The number of para-hydroxylation sites is 1. The molecule has 0 aromatic heterocycles. The Morgan fingerprint density at radius 1 is 1.12 bits per heavy atom.